The first-order chi connectivity index (χ1) is 9.34. The first-order valence-corrected chi connectivity index (χ1v) is 6.83. The van der Waals surface area contributed by atoms with Crippen LogP contribution in [0.5, 0.6) is 0 Å². The molecule has 0 saturated carbocycles. The van der Waals surface area contributed by atoms with Crippen molar-refractivity contribution in [2.24, 2.45) is 0 Å². The Labute approximate surface area is 113 Å². The predicted molar refractivity (Wildman–Crippen MR) is 78.2 cm³/mol. The first-order valence-electron chi connectivity index (χ1n) is 6.83. The monoisotopic (exact) mass is 257 g/mol. The molecular weight excluding hydrogens is 238 g/mol. The maximum Gasteiger partial charge on any atom is 0.0953 e. The van der Waals surface area contributed by atoms with Gasteiger partial charge in [0.05, 0.1) is 17.3 Å². The highest BCUT2D eigenvalue weighted by molar-refractivity contribution is 5.98. The highest BCUT2D eigenvalue weighted by Gasteiger charge is 2.14. The third kappa shape index (κ3) is 2.63. The van der Waals surface area contributed by atoms with Gasteiger partial charge in [-0.05, 0) is 43.5 Å². The highest BCUT2D eigenvalue weighted by atomic mass is 16.5. The summed E-state index contributed by atoms with van der Waals surface area (Å²) in [5.74, 6) is 0. The van der Waals surface area contributed by atoms with E-state index in [9.17, 15) is 0 Å². The molecule has 4 nitrogen and oxygen atoms in total. The van der Waals surface area contributed by atoms with Crippen LogP contribution in [0.4, 0.5) is 11.4 Å². The number of hydrogen-bond donors (Lipinski definition) is 2. The smallest absolute Gasteiger partial charge is 0.0953 e. The van der Waals surface area contributed by atoms with E-state index in [1.807, 2.05) is 24.3 Å². The molecule has 0 amide bonds. The number of nitrogens with two attached hydrogens (primary N) is 1. The molecule has 1 aliphatic heterocycles. The van der Waals surface area contributed by atoms with Crippen molar-refractivity contribution >= 4 is 22.3 Å². The summed E-state index contributed by atoms with van der Waals surface area (Å²) < 4.78 is 5.73. The number of benzene rings is 1. The Morgan fingerprint density at radius 2 is 2.26 bits per heavy atom. The minimum atomic E-state index is 0.310. The van der Waals surface area contributed by atoms with Gasteiger partial charge in [-0.1, -0.05) is 0 Å². The summed E-state index contributed by atoms with van der Waals surface area (Å²) in [4.78, 5) is 4.42. The molecule has 1 fully saturated rings. The molecule has 0 spiro atoms. The van der Waals surface area contributed by atoms with Gasteiger partial charge in [-0.2, -0.15) is 0 Å². The fourth-order valence-electron chi connectivity index (χ4n) is 2.53. The molecule has 19 heavy (non-hydrogen) atoms. The maximum atomic E-state index is 5.97. The molecule has 1 saturated heterocycles. The van der Waals surface area contributed by atoms with E-state index in [-0.39, 0.29) is 0 Å². The molecule has 1 aliphatic rings. The second-order valence-corrected chi connectivity index (χ2v) is 4.97. The molecule has 3 N–H and O–H groups in total. The molecule has 3 rings (SSSR count). The van der Waals surface area contributed by atoms with Crippen molar-refractivity contribution in [1.82, 2.24) is 4.98 Å². The third-order valence-electron chi connectivity index (χ3n) is 3.60. The summed E-state index contributed by atoms with van der Waals surface area (Å²) in [6.07, 6.45) is 5.68. The van der Waals surface area contributed by atoms with Crippen LogP contribution in [-0.2, 0) is 4.74 Å². The number of aromatic nitrogens is 1. The van der Waals surface area contributed by atoms with Crippen LogP contribution in [0, 0.1) is 0 Å². The van der Waals surface area contributed by atoms with E-state index in [0.717, 1.165) is 41.9 Å². The summed E-state index contributed by atoms with van der Waals surface area (Å²) in [6, 6.07) is 7.83. The van der Waals surface area contributed by atoms with E-state index in [2.05, 4.69) is 10.3 Å². The van der Waals surface area contributed by atoms with Crippen LogP contribution < -0.4 is 11.1 Å². The number of fused-ring (bicyclic) bond motifs is 1. The summed E-state index contributed by atoms with van der Waals surface area (Å²) >= 11 is 0. The average Bonchev–Trinajstić information content (AvgIpc) is 2.48. The number of hydrogen-bond acceptors (Lipinski definition) is 4. The summed E-state index contributed by atoms with van der Waals surface area (Å²) in [5, 5.41) is 4.44. The minimum Gasteiger partial charge on any atom is -0.398 e. The number of nitrogens with one attached hydrogen (secondary N) is 1. The van der Waals surface area contributed by atoms with E-state index in [0.29, 0.717) is 6.10 Å². The number of anilines is 2. The van der Waals surface area contributed by atoms with Gasteiger partial charge in [0.2, 0.25) is 0 Å². The highest BCUT2D eigenvalue weighted by Crippen LogP contribution is 2.26. The van der Waals surface area contributed by atoms with Gasteiger partial charge in [-0.25, -0.2) is 0 Å². The summed E-state index contributed by atoms with van der Waals surface area (Å²) in [7, 11) is 0. The van der Waals surface area contributed by atoms with Gasteiger partial charge in [-0.3, -0.25) is 4.98 Å². The van der Waals surface area contributed by atoms with E-state index in [1.54, 1.807) is 6.20 Å². The molecule has 1 aromatic carbocycles. The fourth-order valence-corrected chi connectivity index (χ4v) is 2.53. The molecule has 0 aliphatic carbocycles. The van der Waals surface area contributed by atoms with Crippen LogP contribution in [0.1, 0.15) is 19.3 Å². The number of rotatable bonds is 3. The topological polar surface area (TPSA) is 60.2 Å². The van der Waals surface area contributed by atoms with E-state index in [1.165, 1.54) is 12.8 Å². The standard InChI is InChI=1S/C15H19N3O/c16-13-6-7-14(15-12(13)5-3-8-17-15)18-10-11-4-1-2-9-19-11/h3,5-8,11,18H,1-2,4,9-10,16H2. The second-order valence-electron chi connectivity index (χ2n) is 4.97. The average molecular weight is 257 g/mol. The SMILES string of the molecule is Nc1ccc(NCC2CCCCO2)c2ncccc12. The number of ether oxygens (including phenoxy) is 1. The zero-order valence-electron chi connectivity index (χ0n) is 10.9. The van der Waals surface area contributed by atoms with Crippen molar-refractivity contribution < 1.29 is 4.74 Å². The van der Waals surface area contributed by atoms with Crippen molar-refractivity contribution in [2.75, 3.05) is 24.2 Å². The Balaban J connectivity index is 1.79. The quantitative estimate of drug-likeness (QED) is 0.830. The minimum absolute atomic E-state index is 0.310. The lowest BCUT2D eigenvalue weighted by Crippen LogP contribution is -2.27. The number of nitrogen functional groups attached to an aromatic ring is 1. The Morgan fingerprint density at radius 1 is 1.32 bits per heavy atom. The van der Waals surface area contributed by atoms with Crippen LogP contribution in [0.15, 0.2) is 30.5 Å². The van der Waals surface area contributed by atoms with E-state index in [4.69, 9.17) is 10.5 Å². The summed E-state index contributed by atoms with van der Waals surface area (Å²) in [5.41, 5.74) is 8.69. The van der Waals surface area contributed by atoms with Crippen molar-refractivity contribution in [3.05, 3.63) is 30.5 Å². The second kappa shape index (κ2) is 5.45. The Hall–Kier alpha value is -1.81. The van der Waals surface area contributed by atoms with Gasteiger partial charge in [0.25, 0.3) is 0 Å². The van der Waals surface area contributed by atoms with Crippen molar-refractivity contribution in [1.29, 1.82) is 0 Å². The van der Waals surface area contributed by atoms with Gasteiger partial charge < -0.3 is 15.8 Å². The molecule has 0 bridgehead atoms. The maximum absolute atomic E-state index is 5.97. The van der Waals surface area contributed by atoms with Gasteiger partial charge in [0, 0.05) is 30.4 Å². The number of pyridine rings is 1. The van der Waals surface area contributed by atoms with Gasteiger partial charge in [0.1, 0.15) is 0 Å². The van der Waals surface area contributed by atoms with Crippen LogP contribution in [0.25, 0.3) is 10.9 Å². The van der Waals surface area contributed by atoms with E-state index >= 15 is 0 Å². The van der Waals surface area contributed by atoms with Crippen LogP contribution in [0.2, 0.25) is 0 Å². The van der Waals surface area contributed by atoms with Crippen molar-refractivity contribution in [3.8, 4) is 0 Å². The lowest BCUT2D eigenvalue weighted by Gasteiger charge is -2.23. The predicted octanol–water partition coefficient (Wildman–Crippen LogP) is 2.80. The normalized spacial score (nSPS) is 19.5. The van der Waals surface area contributed by atoms with Crippen LogP contribution >= 0.6 is 0 Å². The van der Waals surface area contributed by atoms with Crippen molar-refractivity contribution in [3.63, 3.8) is 0 Å². The van der Waals surface area contributed by atoms with Gasteiger partial charge in [0.15, 0.2) is 0 Å². The molecular formula is C15H19N3O. The van der Waals surface area contributed by atoms with Crippen molar-refractivity contribution in [2.45, 2.75) is 25.4 Å². The molecule has 1 aromatic heterocycles. The molecule has 2 aromatic rings. The van der Waals surface area contributed by atoms with Crippen LogP contribution in [-0.4, -0.2) is 24.2 Å². The summed E-state index contributed by atoms with van der Waals surface area (Å²) in [6.45, 7) is 1.71. The zero-order valence-corrected chi connectivity index (χ0v) is 10.9. The molecule has 100 valence electrons. The van der Waals surface area contributed by atoms with E-state index < -0.39 is 0 Å². The van der Waals surface area contributed by atoms with Gasteiger partial charge >= 0.3 is 0 Å². The Morgan fingerprint density at radius 3 is 3.11 bits per heavy atom. The largest absolute Gasteiger partial charge is 0.398 e. The number of nitrogens with zero attached hydrogens (tertiary/aromatic N) is 1. The van der Waals surface area contributed by atoms with Crippen LogP contribution in [0.3, 0.4) is 0 Å². The lowest BCUT2D eigenvalue weighted by atomic mass is 10.1. The first kappa shape index (κ1) is 12.2. The Kier molecular flexibility index (Phi) is 3.51. The molecule has 4 heteroatoms. The molecule has 2 heterocycles. The third-order valence-corrected chi connectivity index (χ3v) is 3.60. The molecule has 0 radical (unpaired) electrons. The molecule has 1 unspecified atom stereocenters. The Bertz CT molecular complexity index is 564. The lowest BCUT2D eigenvalue weighted by molar-refractivity contribution is 0.0248. The van der Waals surface area contributed by atoms with Gasteiger partial charge in [-0.15, -0.1) is 0 Å². The fraction of sp³-hybridized carbons (Fsp3) is 0.400. The molecule has 1 atom stereocenters. The zero-order chi connectivity index (χ0) is 13.1.